The minimum atomic E-state index is -0.190. The largest absolute Gasteiger partial charge is 0.383 e. The number of carbonyl (C=O) groups excluding carboxylic acids is 2. The summed E-state index contributed by atoms with van der Waals surface area (Å²) in [5, 5.41) is 5.22. The molecule has 1 heterocycles. The number of hydrogen-bond acceptors (Lipinski definition) is 3. The van der Waals surface area contributed by atoms with Gasteiger partial charge in [0, 0.05) is 26.7 Å². The number of hydrogen-bond donors (Lipinski definition) is 2. The van der Waals surface area contributed by atoms with Crippen molar-refractivity contribution in [2.24, 2.45) is 0 Å². The Hall–Kier alpha value is -1.30. The quantitative estimate of drug-likeness (QED) is 0.628. The van der Waals surface area contributed by atoms with Gasteiger partial charge >= 0.3 is 6.03 Å². The van der Waals surface area contributed by atoms with Gasteiger partial charge in [0.1, 0.15) is 0 Å². The number of rotatable bonds is 5. The predicted molar refractivity (Wildman–Crippen MR) is 59.1 cm³/mol. The molecule has 6 heteroatoms. The molecule has 2 N–H and O–H groups in total. The molecule has 16 heavy (non-hydrogen) atoms. The number of nitrogens with one attached hydrogen (secondary N) is 2. The Labute approximate surface area is 95.3 Å². The molecule has 0 spiro atoms. The van der Waals surface area contributed by atoms with Crippen LogP contribution in [0.4, 0.5) is 4.79 Å². The molecular weight excluding hydrogens is 210 g/mol. The maximum atomic E-state index is 11.5. The molecule has 1 saturated heterocycles. The van der Waals surface area contributed by atoms with Crippen LogP contribution in [0.25, 0.3) is 0 Å². The highest BCUT2D eigenvalue weighted by Crippen LogP contribution is 2.06. The van der Waals surface area contributed by atoms with E-state index in [2.05, 4.69) is 10.6 Å². The molecule has 0 atom stereocenters. The third-order valence-corrected chi connectivity index (χ3v) is 2.42. The van der Waals surface area contributed by atoms with Gasteiger partial charge in [0.15, 0.2) is 0 Å². The molecule has 1 rings (SSSR count). The second kappa shape index (κ2) is 7.05. The molecule has 6 nitrogen and oxygen atoms in total. The molecular formula is C10H19N3O3. The molecule has 0 unspecified atom stereocenters. The van der Waals surface area contributed by atoms with Crippen LogP contribution in [0.1, 0.15) is 12.8 Å². The normalized spacial score (nSPS) is 14.9. The summed E-state index contributed by atoms with van der Waals surface area (Å²) in [5.74, 6) is -0.190. The van der Waals surface area contributed by atoms with E-state index in [1.54, 1.807) is 12.0 Å². The zero-order valence-corrected chi connectivity index (χ0v) is 9.62. The van der Waals surface area contributed by atoms with Crippen molar-refractivity contribution in [2.75, 3.05) is 39.9 Å². The topological polar surface area (TPSA) is 70.7 Å². The van der Waals surface area contributed by atoms with Gasteiger partial charge in [-0.15, -0.1) is 0 Å². The minimum Gasteiger partial charge on any atom is -0.383 e. The fourth-order valence-electron chi connectivity index (χ4n) is 1.54. The van der Waals surface area contributed by atoms with Crippen molar-refractivity contribution in [2.45, 2.75) is 12.8 Å². The van der Waals surface area contributed by atoms with Crippen molar-refractivity contribution in [3.8, 4) is 0 Å². The van der Waals surface area contributed by atoms with Crippen LogP contribution in [0, 0.1) is 0 Å². The second-order valence-corrected chi connectivity index (χ2v) is 3.70. The van der Waals surface area contributed by atoms with Gasteiger partial charge < -0.3 is 20.3 Å². The molecule has 0 saturated carbocycles. The molecule has 1 aliphatic heterocycles. The SMILES string of the molecule is COCCNC(=O)CNC(=O)N1CCCC1. The minimum absolute atomic E-state index is 0.0268. The highest BCUT2D eigenvalue weighted by Gasteiger charge is 2.17. The monoisotopic (exact) mass is 229 g/mol. The van der Waals surface area contributed by atoms with Crippen LogP contribution in [0.5, 0.6) is 0 Å². The van der Waals surface area contributed by atoms with E-state index in [0.29, 0.717) is 13.2 Å². The van der Waals surface area contributed by atoms with Crippen molar-refractivity contribution in [3.63, 3.8) is 0 Å². The summed E-state index contributed by atoms with van der Waals surface area (Å²) in [6.45, 7) is 2.55. The van der Waals surface area contributed by atoms with E-state index in [0.717, 1.165) is 25.9 Å². The van der Waals surface area contributed by atoms with Crippen molar-refractivity contribution in [1.29, 1.82) is 0 Å². The van der Waals surface area contributed by atoms with E-state index in [9.17, 15) is 9.59 Å². The lowest BCUT2D eigenvalue weighted by Crippen LogP contribution is -2.43. The molecule has 1 aliphatic rings. The zero-order chi connectivity index (χ0) is 11.8. The van der Waals surface area contributed by atoms with Crippen LogP contribution in [-0.2, 0) is 9.53 Å². The molecule has 92 valence electrons. The van der Waals surface area contributed by atoms with E-state index in [1.165, 1.54) is 0 Å². The summed E-state index contributed by atoms with van der Waals surface area (Å²) < 4.78 is 4.79. The Morgan fingerprint density at radius 2 is 1.94 bits per heavy atom. The third-order valence-electron chi connectivity index (χ3n) is 2.42. The molecule has 0 bridgehead atoms. The summed E-state index contributed by atoms with van der Waals surface area (Å²) in [6, 6.07) is -0.153. The van der Waals surface area contributed by atoms with Gasteiger partial charge in [-0.1, -0.05) is 0 Å². The number of likely N-dealkylation sites (tertiary alicyclic amines) is 1. The first kappa shape index (κ1) is 12.8. The molecule has 0 aromatic carbocycles. The van der Waals surface area contributed by atoms with E-state index >= 15 is 0 Å². The summed E-state index contributed by atoms with van der Waals surface area (Å²) in [6.07, 6.45) is 2.10. The highest BCUT2D eigenvalue weighted by atomic mass is 16.5. The van der Waals surface area contributed by atoms with Crippen molar-refractivity contribution in [1.82, 2.24) is 15.5 Å². The fraction of sp³-hybridized carbons (Fsp3) is 0.800. The van der Waals surface area contributed by atoms with E-state index in [4.69, 9.17) is 4.74 Å². The first-order chi connectivity index (χ1) is 7.74. The predicted octanol–water partition coefficient (Wildman–Crippen LogP) is -0.446. The molecule has 0 aromatic rings. The van der Waals surface area contributed by atoms with E-state index < -0.39 is 0 Å². The number of ether oxygens (including phenoxy) is 1. The molecule has 0 radical (unpaired) electrons. The standard InChI is InChI=1S/C10H19N3O3/c1-16-7-4-11-9(14)8-12-10(15)13-5-2-3-6-13/h2-8H2,1H3,(H,11,14)(H,12,15). The van der Waals surface area contributed by atoms with Gasteiger partial charge in [0.25, 0.3) is 0 Å². The van der Waals surface area contributed by atoms with Gasteiger partial charge in [-0.2, -0.15) is 0 Å². The number of amides is 3. The van der Waals surface area contributed by atoms with Gasteiger partial charge in [-0.05, 0) is 12.8 Å². The van der Waals surface area contributed by atoms with E-state index in [-0.39, 0.29) is 18.5 Å². The number of carbonyl (C=O) groups is 2. The maximum absolute atomic E-state index is 11.5. The third kappa shape index (κ3) is 4.48. The molecule has 1 fully saturated rings. The Morgan fingerprint density at radius 3 is 2.56 bits per heavy atom. The van der Waals surface area contributed by atoms with Crippen LogP contribution >= 0.6 is 0 Å². The second-order valence-electron chi connectivity index (χ2n) is 3.70. The molecule has 0 aliphatic carbocycles. The number of nitrogens with zero attached hydrogens (tertiary/aromatic N) is 1. The van der Waals surface area contributed by atoms with Crippen LogP contribution in [0.2, 0.25) is 0 Å². The fourth-order valence-corrected chi connectivity index (χ4v) is 1.54. The first-order valence-corrected chi connectivity index (χ1v) is 5.52. The Bertz CT molecular complexity index is 239. The lowest BCUT2D eigenvalue weighted by atomic mass is 10.4. The summed E-state index contributed by atoms with van der Waals surface area (Å²) >= 11 is 0. The molecule has 3 amide bonds. The summed E-state index contributed by atoms with van der Waals surface area (Å²) in [5.41, 5.74) is 0. The Morgan fingerprint density at radius 1 is 1.25 bits per heavy atom. The average molecular weight is 229 g/mol. The first-order valence-electron chi connectivity index (χ1n) is 5.52. The average Bonchev–Trinajstić information content (AvgIpc) is 2.79. The van der Waals surface area contributed by atoms with Gasteiger partial charge in [0.05, 0.1) is 13.2 Å². The Kier molecular flexibility index (Phi) is 5.63. The van der Waals surface area contributed by atoms with Gasteiger partial charge in [-0.3, -0.25) is 4.79 Å². The van der Waals surface area contributed by atoms with Crippen LogP contribution in [-0.4, -0.2) is 56.7 Å². The van der Waals surface area contributed by atoms with Crippen molar-refractivity contribution >= 4 is 11.9 Å². The van der Waals surface area contributed by atoms with Crippen LogP contribution < -0.4 is 10.6 Å². The van der Waals surface area contributed by atoms with Crippen molar-refractivity contribution < 1.29 is 14.3 Å². The summed E-state index contributed by atoms with van der Waals surface area (Å²) in [4.78, 5) is 24.5. The van der Waals surface area contributed by atoms with Crippen molar-refractivity contribution in [3.05, 3.63) is 0 Å². The zero-order valence-electron chi connectivity index (χ0n) is 9.62. The lowest BCUT2D eigenvalue weighted by Gasteiger charge is -2.15. The number of urea groups is 1. The number of methoxy groups -OCH3 is 1. The van der Waals surface area contributed by atoms with E-state index in [1.807, 2.05) is 0 Å². The van der Waals surface area contributed by atoms with Gasteiger partial charge in [0.2, 0.25) is 5.91 Å². The molecule has 0 aromatic heterocycles. The smallest absolute Gasteiger partial charge is 0.317 e. The van der Waals surface area contributed by atoms with Crippen LogP contribution in [0.15, 0.2) is 0 Å². The van der Waals surface area contributed by atoms with Gasteiger partial charge in [-0.25, -0.2) is 4.79 Å². The Balaban J connectivity index is 2.08. The highest BCUT2D eigenvalue weighted by molar-refractivity contribution is 5.83. The lowest BCUT2D eigenvalue weighted by molar-refractivity contribution is -0.120. The summed E-state index contributed by atoms with van der Waals surface area (Å²) in [7, 11) is 1.57. The van der Waals surface area contributed by atoms with Crippen LogP contribution in [0.3, 0.4) is 0 Å². The maximum Gasteiger partial charge on any atom is 0.317 e.